The zero-order valence-electron chi connectivity index (χ0n) is 19.6. The number of nitrogens with one attached hydrogen (secondary N) is 1. The van der Waals surface area contributed by atoms with Gasteiger partial charge in [0.1, 0.15) is 5.60 Å². The quantitative estimate of drug-likeness (QED) is 0.479. The molecule has 1 fully saturated rings. The third kappa shape index (κ3) is 12.0. The van der Waals surface area contributed by atoms with Crippen LogP contribution in [-0.2, 0) is 9.53 Å². The molecule has 0 saturated carbocycles. The molecule has 0 aromatic carbocycles. The summed E-state index contributed by atoms with van der Waals surface area (Å²) in [6.07, 6.45) is 6.53. The van der Waals surface area contributed by atoms with E-state index in [0.717, 1.165) is 11.3 Å². The van der Waals surface area contributed by atoms with Gasteiger partial charge in [0.05, 0.1) is 0 Å². The van der Waals surface area contributed by atoms with Crippen LogP contribution < -0.4 is 5.32 Å². The molecular weight excluding hydrogens is 364 g/mol. The highest BCUT2D eigenvalue weighted by atomic mass is 16.6. The molecule has 0 spiro atoms. The molecule has 2 atom stereocenters. The first-order chi connectivity index (χ1) is 13.3. The van der Waals surface area contributed by atoms with Gasteiger partial charge in [0.25, 0.3) is 0 Å². The fourth-order valence-corrected chi connectivity index (χ4v) is 2.69. The van der Waals surface area contributed by atoms with Crippen molar-refractivity contribution in [3.8, 4) is 0 Å². The first kappa shape index (κ1) is 26.7. The lowest BCUT2D eigenvalue weighted by molar-refractivity contribution is -0.126. The molecule has 1 rings (SSSR count). The molecule has 2 amide bonds. The van der Waals surface area contributed by atoms with Gasteiger partial charge >= 0.3 is 6.09 Å². The van der Waals surface area contributed by atoms with Crippen molar-refractivity contribution < 1.29 is 14.3 Å². The molecule has 0 aliphatic carbocycles. The highest BCUT2D eigenvalue weighted by Gasteiger charge is 2.34. The molecule has 1 N–H and O–H groups in total. The van der Waals surface area contributed by atoms with Crippen molar-refractivity contribution in [1.29, 1.82) is 0 Å². The highest BCUT2D eigenvalue weighted by molar-refractivity contribution is 5.81. The number of hydrogen-bond donors (Lipinski definition) is 1. The Morgan fingerprint density at radius 1 is 1.14 bits per heavy atom. The lowest BCUT2D eigenvalue weighted by Gasteiger charge is -2.37. The average Bonchev–Trinajstić information content (AvgIpc) is 2.55. The monoisotopic (exact) mass is 404 g/mol. The van der Waals surface area contributed by atoms with Crippen LogP contribution in [0.2, 0.25) is 0 Å². The molecule has 5 heteroatoms. The fourth-order valence-electron chi connectivity index (χ4n) is 2.69. The van der Waals surface area contributed by atoms with E-state index in [1.807, 2.05) is 73.6 Å². The lowest BCUT2D eigenvalue weighted by atomic mass is 9.91. The van der Waals surface area contributed by atoms with Gasteiger partial charge in [-0.15, -0.1) is 6.58 Å². The summed E-state index contributed by atoms with van der Waals surface area (Å²) in [5.41, 5.74) is 2.34. The van der Waals surface area contributed by atoms with Gasteiger partial charge in [-0.1, -0.05) is 29.9 Å². The predicted octanol–water partition coefficient (Wildman–Crippen LogP) is 5.76. The number of amides is 2. The molecular formula is C24H40N2O3. The minimum atomic E-state index is -0.512. The van der Waals surface area contributed by atoms with Crippen LogP contribution in [0.5, 0.6) is 0 Å². The Bertz CT molecular complexity index is 650. The van der Waals surface area contributed by atoms with E-state index in [1.165, 1.54) is 5.57 Å². The van der Waals surface area contributed by atoms with Gasteiger partial charge in [0.2, 0.25) is 5.91 Å². The maximum absolute atomic E-state index is 12.5. The molecule has 5 nitrogen and oxygen atoms in total. The smallest absolute Gasteiger partial charge is 0.410 e. The Morgan fingerprint density at radius 2 is 1.69 bits per heavy atom. The molecule has 1 aliphatic heterocycles. The van der Waals surface area contributed by atoms with E-state index < -0.39 is 5.60 Å². The first-order valence-electron chi connectivity index (χ1n) is 10.2. The summed E-state index contributed by atoms with van der Waals surface area (Å²) >= 11 is 0. The molecule has 1 heterocycles. The number of hydrogen-bond acceptors (Lipinski definition) is 3. The second kappa shape index (κ2) is 12.3. The maximum Gasteiger partial charge on any atom is 0.410 e. The predicted molar refractivity (Wildman–Crippen MR) is 121 cm³/mol. The first-order valence-corrected chi connectivity index (χ1v) is 10.2. The fraction of sp³-hybridized carbons (Fsp3) is 0.583. The molecule has 0 radical (unpaired) electrons. The molecule has 0 bridgehead atoms. The minimum Gasteiger partial charge on any atom is -0.444 e. The van der Waals surface area contributed by atoms with Gasteiger partial charge in [-0.2, -0.15) is 0 Å². The summed E-state index contributed by atoms with van der Waals surface area (Å²) < 4.78 is 5.44. The Morgan fingerprint density at radius 3 is 2.10 bits per heavy atom. The zero-order valence-corrected chi connectivity index (χ0v) is 19.6. The molecule has 0 aromatic rings. The molecule has 0 aromatic heterocycles. The van der Waals surface area contributed by atoms with Crippen LogP contribution >= 0.6 is 0 Å². The Hall–Kier alpha value is -2.30. The molecule has 1 saturated heterocycles. The van der Waals surface area contributed by atoms with Gasteiger partial charge in [-0.3, -0.25) is 4.79 Å². The van der Waals surface area contributed by atoms with E-state index in [9.17, 15) is 9.59 Å². The third-order valence-corrected chi connectivity index (χ3v) is 4.00. The van der Waals surface area contributed by atoms with Crippen molar-refractivity contribution in [1.82, 2.24) is 10.2 Å². The van der Waals surface area contributed by atoms with Crippen molar-refractivity contribution in [3.63, 3.8) is 0 Å². The van der Waals surface area contributed by atoms with E-state index in [2.05, 4.69) is 18.5 Å². The van der Waals surface area contributed by atoms with E-state index in [0.29, 0.717) is 19.4 Å². The summed E-state index contributed by atoms with van der Waals surface area (Å²) in [5.74, 6) is -0.114. The van der Waals surface area contributed by atoms with Crippen LogP contribution in [0.15, 0.2) is 48.2 Å². The van der Waals surface area contributed by atoms with E-state index >= 15 is 0 Å². The minimum absolute atomic E-state index is 0.00449. The van der Waals surface area contributed by atoms with Crippen LogP contribution in [0.3, 0.4) is 0 Å². The van der Waals surface area contributed by atoms with Crippen molar-refractivity contribution in [2.24, 2.45) is 5.92 Å². The number of rotatable bonds is 4. The lowest BCUT2D eigenvalue weighted by Crippen LogP contribution is -2.49. The van der Waals surface area contributed by atoms with Crippen molar-refractivity contribution in [3.05, 3.63) is 48.2 Å². The number of likely N-dealkylation sites (tertiary alicyclic amines) is 1. The zero-order chi connectivity index (χ0) is 22.8. The van der Waals surface area contributed by atoms with Crippen LogP contribution in [0.1, 0.15) is 68.2 Å². The van der Waals surface area contributed by atoms with E-state index in [-0.39, 0.29) is 24.0 Å². The topological polar surface area (TPSA) is 58.6 Å². The number of carbonyl (C=O) groups is 2. The summed E-state index contributed by atoms with van der Waals surface area (Å²) in [6, 6.07) is -0.0284. The van der Waals surface area contributed by atoms with Gasteiger partial charge in [0.15, 0.2) is 0 Å². The van der Waals surface area contributed by atoms with Crippen LogP contribution in [0, 0.1) is 5.92 Å². The van der Waals surface area contributed by atoms with Crippen LogP contribution in [0.4, 0.5) is 4.79 Å². The van der Waals surface area contributed by atoms with Gasteiger partial charge in [-0.25, -0.2) is 4.79 Å². The van der Waals surface area contributed by atoms with Crippen molar-refractivity contribution >= 4 is 12.0 Å². The second-order valence-corrected chi connectivity index (χ2v) is 8.86. The number of piperidine rings is 1. The summed E-state index contributed by atoms with van der Waals surface area (Å²) in [4.78, 5) is 26.5. The Kier molecular flexibility index (Phi) is 11.3. The molecule has 164 valence electrons. The van der Waals surface area contributed by atoms with Gasteiger partial charge in [-0.05, 0) is 74.3 Å². The summed E-state index contributed by atoms with van der Waals surface area (Å²) in [5, 5.41) is 2.95. The van der Waals surface area contributed by atoms with E-state index in [1.54, 1.807) is 4.90 Å². The van der Waals surface area contributed by atoms with Crippen LogP contribution in [-0.4, -0.2) is 35.1 Å². The maximum atomic E-state index is 12.5. The largest absolute Gasteiger partial charge is 0.444 e. The SMILES string of the molecule is C=C(C)/C=C\C(=C/C)NC(=O)C1CCN(C(=O)OC(C)(C)C)C(C)C1.C=C(C)C. The average molecular weight is 405 g/mol. The molecule has 2 unspecified atom stereocenters. The van der Waals surface area contributed by atoms with Gasteiger partial charge in [0, 0.05) is 24.2 Å². The van der Waals surface area contributed by atoms with Crippen molar-refractivity contribution in [2.45, 2.75) is 79.9 Å². The second-order valence-electron chi connectivity index (χ2n) is 8.86. The van der Waals surface area contributed by atoms with Crippen molar-refractivity contribution in [2.75, 3.05) is 6.54 Å². The van der Waals surface area contributed by atoms with Gasteiger partial charge < -0.3 is 15.0 Å². The molecule has 1 aliphatic rings. The third-order valence-electron chi connectivity index (χ3n) is 4.00. The Labute approximate surface area is 177 Å². The summed E-state index contributed by atoms with van der Waals surface area (Å²) in [7, 11) is 0. The number of nitrogens with zero attached hydrogens (tertiary/aromatic N) is 1. The normalized spacial score (nSPS) is 19.9. The number of ether oxygens (including phenoxy) is 1. The standard InChI is InChI=1S/C20H32N2O3.C4H8/c1-8-17(10-9-14(2)3)21-18(23)16-11-12-22(15(4)13-16)19(24)25-20(5,6)7;1-4(2)3/h8-10,15-16H,2,11-13H2,1,3-7H3,(H,21,23);1H2,2-3H3/b10-9-,17-8+;. The highest BCUT2D eigenvalue weighted by Crippen LogP contribution is 2.25. The summed E-state index contributed by atoms with van der Waals surface area (Å²) in [6.45, 7) is 23.1. The number of allylic oxidation sites excluding steroid dienone is 5. The molecule has 29 heavy (non-hydrogen) atoms. The van der Waals surface area contributed by atoms with E-state index in [4.69, 9.17) is 4.74 Å². The number of carbonyl (C=O) groups excluding carboxylic acids is 2. The Balaban J connectivity index is 0.00000178. The van der Waals surface area contributed by atoms with Crippen LogP contribution in [0.25, 0.3) is 0 Å².